The van der Waals surface area contributed by atoms with Gasteiger partial charge in [0.2, 0.25) is 5.89 Å². The summed E-state index contributed by atoms with van der Waals surface area (Å²) in [7, 11) is 0. The molecule has 0 aromatic carbocycles. The van der Waals surface area contributed by atoms with Crippen LogP contribution in [-0.4, -0.2) is 23.4 Å². The average Bonchev–Trinajstić information content (AvgIpc) is 2.90. The fraction of sp³-hybridized carbons (Fsp3) is 0.875. The van der Waals surface area contributed by atoms with E-state index in [-0.39, 0.29) is 0 Å². The Hall–Kier alpha value is -0.940. The van der Waals surface area contributed by atoms with Crippen molar-refractivity contribution in [3.05, 3.63) is 11.7 Å². The van der Waals surface area contributed by atoms with Gasteiger partial charge >= 0.3 is 0 Å². The van der Waals surface area contributed by atoms with Crippen LogP contribution < -0.4 is 5.73 Å². The van der Waals surface area contributed by atoms with Gasteiger partial charge in [-0.05, 0) is 56.3 Å². The van der Waals surface area contributed by atoms with Gasteiger partial charge in [0.05, 0.1) is 6.61 Å². The molecule has 3 saturated carbocycles. The SMILES string of the molecule is CCCOCC(C)(N)c1noc(C2C3C4CCC(C4)C23)n1. The first-order valence-corrected chi connectivity index (χ1v) is 8.32. The van der Waals surface area contributed by atoms with Crippen molar-refractivity contribution >= 4 is 0 Å². The molecule has 5 unspecified atom stereocenters. The zero-order valence-corrected chi connectivity index (χ0v) is 12.9. The Morgan fingerprint density at radius 2 is 2.05 bits per heavy atom. The minimum atomic E-state index is -0.667. The van der Waals surface area contributed by atoms with Crippen LogP contribution in [0.3, 0.4) is 0 Å². The second-order valence-corrected chi connectivity index (χ2v) is 7.44. The van der Waals surface area contributed by atoms with E-state index in [1.165, 1.54) is 19.3 Å². The molecule has 0 aliphatic heterocycles. The molecular weight excluding hydrogens is 266 g/mol. The molecule has 0 saturated heterocycles. The molecule has 0 spiro atoms. The van der Waals surface area contributed by atoms with E-state index in [1.807, 2.05) is 6.92 Å². The van der Waals surface area contributed by atoms with Gasteiger partial charge in [-0.3, -0.25) is 0 Å². The molecule has 5 heteroatoms. The molecule has 3 aliphatic carbocycles. The van der Waals surface area contributed by atoms with Crippen molar-refractivity contribution in [1.82, 2.24) is 10.1 Å². The molecule has 2 bridgehead atoms. The van der Waals surface area contributed by atoms with Gasteiger partial charge in [0.15, 0.2) is 5.82 Å². The maximum Gasteiger partial charge on any atom is 0.230 e. The van der Waals surface area contributed by atoms with Crippen LogP contribution in [0.5, 0.6) is 0 Å². The van der Waals surface area contributed by atoms with Crippen molar-refractivity contribution in [2.75, 3.05) is 13.2 Å². The third-order valence-corrected chi connectivity index (χ3v) is 5.72. The summed E-state index contributed by atoms with van der Waals surface area (Å²) >= 11 is 0. The van der Waals surface area contributed by atoms with E-state index < -0.39 is 5.54 Å². The Kier molecular flexibility index (Phi) is 3.12. The zero-order valence-electron chi connectivity index (χ0n) is 12.9. The molecule has 0 amide bonds. The van der Waals surface area contributed by atoms with Crippen LogP contribution in [-0.2, 0) is 10.3 Å². The fourth-order valence-corrected chi connectivity index (χ4v) is 4.75. The van der Waals surface area contributed by atoms with Crippen LogP contribution >= 0.6 is 0 Å². The Morgan fingerprint density at radius 3 is 2.71 bits per heavy atom. The normalized spacial score (nSPS) is 39.3. The van der Waals surface area contributed by atoms with Gasteiger partial charge in [0, 0.05) is 12.5 Å². The molecule has 2 N–H and O–H groups in total. The summed E-state index contributed by atoms with van der Waals surface area (Å²) in [6, 6.07) is 0. The zero-order chi connectivity index (χ0) is 14.6. The number of nitrogens with zero attached hydrogens (tertiary/aromatic N) is 2. The van der Waals surface area contributed by atoms with E-state index in [4.69, 9.17) is 15.0 Å². The smallest absolute Gasteiger partial charge is 0.230 e. The van der Waals surface area contributed by atoms with E-state index in [1.54, 1.807) is 0 Å². The Balaban J connectivity index is 1.44. The van der Waals surface area contributed by atoms with Gasteiger partial charge in [-0.25, -0.2) is 0 Å². The molecule has 4 rings (SSSR count). The van der Waals surface area contributed by atoms with Crippen LogP contribution in [0.1, 0.15) is 57.2 Å². The number of hydrogen-bond donors (Lipinski definition) is 1. The second kappa shape index (κ2) is 4.78. The van der Waals surface area contributed by atoms with Gasteiger partial charge in [-0.1, -0.05) is 12.1 Å². The number of nitrogens with two attached hydrogens (primary N) is 1. The van der Waals surface area contributed by atoms with Gasteiger partial charge < -0.3 is 15.0 Å². The third kappa shape index (κ3) is 2.13. The van der Waals surface area contributed by atoms with E-state index >= 15 is 0 Å². The van der Waals surface area contributed by atoms with Crippen molar-refractivity contribution in [2.45, 2.75) is 51.0 Å². The van der Waals surface area contributed by atoms with Crippen molar-refractivity contribution < 1.29 is 9.26 Å². The van der Waals surface area contributed by atoms with E-state index in [2.05, 4.69) is 17.1 Å². The highest BCUT2D eigenvalue weighted by molar-refractivity contribution is 5.23. The molecule has 1 heterocycles. The first kappa shape index (κ1) is 13.7. The standard InChI is InChI=1S/C16H25N3O2/c1-3-6-20-8-16(2,17)15-18-14(21-19-15)13-11-9-4-5-10(7-9)12(11)13/h9-13H,3-8,17H2,1-2H3. The second-order valence-electron chi connectivity index (χ2n) is 7.44. The van der Waals surface area contributed by atoms with Crippen molar-refractivity contribution in [2.24, 2.45) is 29.4 Å². The minimum absolute atomic E-state index is 0.433. The third-order valence-electron chi connectivity index (χ3n) is 5.72. The Labute approximate surface area is 125 Å². The van der Waals surface area contributed by atoms with Crippen LogP contribution in [0.15, 0.2) is 4.52 Å². The van der Waals surface area contributed by atoms with E-state index in [9.17, 15) is 0 Å². The molecule has 1 aromatic rings. The predicted molar refractivity (Wildman–Crippen MR) is 77.5 cm³/mol. The summed E-state index contributed by atoms with van der Waals surface area (Å²) < 4.78 is 11.1. The lowest BCUT2D eigenvalue weighted by Gasteiger charge is -2.19. The monoisotopic (exact) mass is 291 g/mol. The number of ether oxygens (including phenoxy) is 1. The van der Waals surface area contributed by atoms with Crippen LogP contribution in [0.25, 0.3) is 0 Å². The Morgan fingerprint density at radius 1 is 1.33 bits per heavy atom. The van der Waals surface area contributed by atoms with Crippen molar-refractivity contribution in [3.8, 4) is 0 Å². The average molecular weight is 291 g/mol. The highest BCUT2D eigenvalue weighted by Gasteiger charge is 2.67. The lowest BCUT2D eigenvalue weighted by Crippen LogP contribution is -2.39. The first-order valence-electron chi connectivity index (χ1n) is 8.32. The number of aromatic nitrogens is 2. The molecule has 5 atom stereocenters. The summed E-state index contributed by atoms with van der Waals surface area (Å²) in [5.41, 5.74) is 5.62. The van der Waals surface area contributed by atoms with Gasteiger partial charge in [-0.2, -0.15) is 4.98 Å². The quantitative estimate of drug-likeness (QED) is 0.815. The highest BCUT2D eigenvalue weighted by atomic mass is 16.5. The molecule has 1 aromatic heterocycles. The van der Waals surface area contributed by atoms with Crippen molar-refractivity contribution in [1.29, 1.82) is 0 Å². The summed E-state index contributed by atoms with van der Waals surface area (Å²) in [5.74, 6) is 5.39. The lowest BCUT2D eigenvalue weighted by molar-refractivity contribution is 0.0867. The van der Waals surface area contributed by atoms with Gasteiger partial charge in [0.25, 0.3) is 0 Å². The summed E-state index contributed by atoms with van der Waals surface area (Å²) in [6.45, 7) is 5.14. The van der Waals surface area contributed by atoms with E-state index in [0.717, 1.165) is 36.0 Å². The van der Waals surface area contributed by atoms with Gasteiger partial charge in [-0.15, -0.1) is 0 Å². The molecule has 5 nitrogen and oxygen atoms in total. The molecule has 116 valence electrons. The summed E-state index contributed by atoms with van der Waals surface area (Å²) in [5, 5.41) is 4.13. The maximum atomic E-state index is 6.29. The molecular formula is C16H25N3O2. The molecule has 21 heavy (non-hydrogen) atoms. The van der Waals surface area contributed by atoms with Gasteiger partial charge in [0.1, 0.15) is 5.54 Å². The minimum Gasteiger partial charge on any atom is -0.379 e. The summed E-state index contributed by atoms with van der Waals surface area (Å²) in [6.07, 6.45) is 5.24. The topological polar surface area (TPSA) is 74.2 Å². The van der Waals surface area contributed by atoms with Crippen LogP contribution in [0, 0.1) is 23.7 Å². The molecule has 3 fully saturated rings. The molecule has 0 radical (unpaired) electrons. The van der Waals surface area contributed by atoms with Crippen LogP contribution in [0.2, 0.25) is 0 Å². The lowest BCUT2D eigenvalue weighted by atomic mass is 10.0. The summed E-state index contributed by atoms with van der Waals surface area (Å²) in [4.78, 5) is 4.62. The number of fused-ring (bicyclic) bond motifs is 5. The molecule has 3 aliphatic rings. The highest BCUT2D eigenvalue weighted by Crippen LogP contribution is 2.72. The largest absolute Gasteiger partial charge is 0.379 e. The van der Waals surface area contributed by atoms with Crippen molar-refractivity contribution in [3.63, 3.8) is 0 Å². The Bertz CT molecular complexity index is 511. The maximum absolute atomic E-state index is 6.29. The van der Waals surface area contributed by atoms with E-state index in [0.29, 0.717) is 25.0 Å². The number of hydrogen-bond acceptors (Lipinski definition) is 5. The van der Waals surface area contributed by atoms with Crippen LogP contribution in [0.4, 0.5) is 0 Å². The first-order chi connectivity index (χ1) is 10.1. The fourth-order valence-electron chi connectivity index (χ4n) is 4.75. The predicted octanol–water partition coefficient (Wildman–Crippen LogP) is 2.43. The number of rotatable bonds is 6.